The number of imidazole rings is 3. The molecule has 6 aliphatic heterocycles. The molecule has 3 amide bonds. The van der Waals surface area contributed by atoms with E-state index in [4.69, 9.17) is 27.8 Å². The van der Waals surface area contributed by atoms with Gasteiger partial charge in [0.25, 0.3) is 5.56 Å². The van der Waals surface area contributed by atoms with Crippen LogP contribution in [0.3, 0.4) is 0 Å². The number of hydrogen-bond donors (Lipinski definition) is 5. The monoisotopic (exact) mass is 1830 g/mol. The predicted octanol–water partition coefficient (Wildman–Crippen LogP) is 13.3. The zero-order chi connectivity index (χ0) is 93.0. The molecule has 5 N–H and O–H groups in total. The van der Waals surface area contributed by atoms with Crippen molar-refractivity contribution in [2.24, 2.45) is 17.8 Å². The third kappa shape index (κ3) is 24.9. The Labute approximate surface area is 766 Å². The minimum atomic E-state index is -0.666. The Bertz CT molecular complexity index is 5990. The normalized spacial score (nSPS) is 18.7. The summed E-state index contributed by atoms with van der Waals surface area (Å²) in [7, 11) is 0. The smallest absolute Gasteiger partial charge is 0.280 e. The van der Waals surface area contributed by atoms with Crippen molar-refractivity contribution in [2.75, 3.05) is 162 Å². The largest absolute Gasteiger partial charge is 0.384 e. The van der Waals surface area contributed by atoms with E-state index < -0.39 is 64.5 Å². The van der Waals surface area contributed by atoms with Crippen LogP contribution in [0, 0.1) is 87.3 Å². The average Bonchev–Trinajstić information content (AvgIpc) is 1.65. The zero-order valence-corrected chi connectivity index (χ0v) is 75.2. The van der Waals surface area contributed by atoms with Gasteiger partial charge in [0.15, 0.2) is 0 Å². The standard InChI is InChI=1S/C33H38F2N6O3.C32H36F2N6O4.C26H29F2N5O2.C7H9NO2/c1-22-5-6-24(31(16-22)40-12-14-43-15-13-40)19-41-11-9-36-33(41)37-32(42)29-21-39(10-3-4-26-17-23(2)38-44-26)20-28(29)27-8-7-25(34)18-30(27)35;1-21-4-5-22(29(15-21)39-11-13-43-14-12-39)18-40-10-8-35-32(40)36-31(42)27-20-38(9-2-3-24-17-30(41)37-44-24)19-26(27)25-7-6-23(33)16-28(25)34;1-17-2-3-18(24(12-17)32-8-10-35-11-9-32)16-33-7-6-30-26(33)31-25(34)22-15-29-14-21(22)20-5-4-19(27)13-23(20)28;1-6-5-7(10-8-6)3-2-4-9/h5-9,11,16-18,28-29H,3-4,10,12-15,19-21H2,1-2H3,(H,36,37,42);4-8,10,15-17,26-27H,2-3,9,11-14,18-20H2,1H3,(H,37,41)(H,35,36,42);2-7,12-13,21-22,29H,8-11,14-16H2,1H3,(H,30,31,34);4-5H,2-3H2,1H3/t28-,29+;26-,27+;21-,22+;/m000./s1. The first-order valence-corrected chi connectivity index (χ1v) is 45.2. The minimum absolute atomic E-state index is 0.239. The molecule has 6 aromatic carbocycles. The van der Waals surface area contributed by atoms with Crippen molar-refractivity contribution in [2.45, 2.75) is 111 Å². The van der Waals surface area contributed by atoms with Crippen LogP contribution in [0.2, 0.25) is 0 Å². The first-order chi connectivity index (χ1) is 64.5. The van der Waals surface area contributed by atoms with Gasteiger partial charge in [0.1, 0.15) is 58.5 Å². The van der Waals surface area contributed by atoms with Gasteiger partial charge in [0.05, 0.1) is 88.4 Å². The SMILES string of the molecule is Cc1cc(CCC=O)on1.Cc1ccc(Cn2ccnc2NC(=O)[C@@H]2CN(CCCc3cc(=O)[nH]o3)C[C@H]2c2ccc(F)cc2F)c(N2CCOCC2)c1.Cc1ccc(Cn2ccnc2NC(=O)[C@@H]2CN(CCCc3cc(C)no3)C[C@H]2c2ccc(F)cc2F)c(N2CCOCC2)c1.Cc1ccc(Cn2ccnc2NC(=O)[C@@H]2CNC[C@H]2c2ccc(F)cc2F)c(N2CCOCC2)c1. The molecule has 6 fully saturated rings. The number of benzene rings is 6. The van der Waals surface area contributed by atoms with Gasteiger partial charge >= 0.3 is 0 Å². The number of likely N-dealkylation sites (tertiary alicyclic amines) is 2. The van der Waals surface area contributed by atoms with Crippen LogP contribution in [0.5, 0.6) is 0 Å². The lowest BCUT2D eigenvalue weighted by atomic mass is 9.88. The van der Waals surface area contributed by atoms with Crippen LogP contribution >= 0.6 is 0 Å². The number of rotatable bonds is 29. The van der Waals surface area contributed by atoms with Gasteiger partial charge in [-0.05, 0) is 147 Å². The second kappa shape index (κ2) is 45.1. The second-order valence-corrected chi connectivity index (χ2v) is 34.6. The predicted molar refractivity (Wildman–Crippen MR) is 489 cm³/mol. The van der Waals surface area contributed by atoms with Gasteiger partial charge in [-0.3, -0.25) is 35.1 Å². The highest BCUT2D eigenvalue weighted by Gasteiger charge is 2.43. The third-order valence-electron chi connectivity index (χ3n) is 25.0. The lowest BCUT2D eigenvalue weighted by molar-refractivity contribution is -0.120. The number of nitrogens with one attached hydrogen (secondary N) is 5. The van der Waals surface area contributed by atoms with Gasteiger partial charge < -0.3 is 76.1 Å². The van der Waals surface area contributed by atoms with E-state index in [2.05, 4.69) is 152 Å². The number of aromatic nitrogens is 9. The van der Waals surface area contributed by atoms with E-state index in [0.29, 0.717) is 184 Å². The van der Waals surface area contributed by atoms with Crippen LogP contribution < -0.4 is 41.5 Å². The van der Waals surface area contributed by atoms with Crippen molar-refractivity contribution in [3.05, 3.63) is 289 Å². The fourth-order valence-electron chi connectivity index (χ4n) is 18.2. The molecule has 0 unspecified atom stereocenters. The third-order valence-corrected chi connectivity index (χ3v) is 25.0. The van der Waals surface area contributed by atoms with Crippen molar-refractivity contribution in [1.29, 1.82) is 0 Å². The number of morpholine rings is 3. The number of carbonyl (C=O) groups excluding carboxylic acids is 4. The minimum Gasteiger partial charge on any atom is -0.384 e. The first kappa shape index (κ1) is 94.8. The maximum absolute atomic E-state index is 15.0. The van der Waals surface area contributed by atoms with Crippen LogP contribution in [0.15, 0.2) is 183 Å². The molecule has 0 aliphatic carbocycles. The molecule has 0 spiro atoms. The van der Waals surface area contributed by atoms with Gasteiger partial charge in [-0.2, -0.15) is 5.16 Å². The number of H-pyrrole nitrogens is 1. The molecule has 702 valence electrons. The topological polar surface area (TPSA) is 312 Å². The molecular weight excluding hydrogens is 1720 g/mol. The fourth-order valence-corrected chi connectivity index (χ4v) is 18.2. The molecule has 6 atom stereocenters. The van der Waals surface area contributed by atoms with Crippen molar-refractivity contribution in [3.63, 3.8) is 0 Å². The molecule has 29 nitrogen and oxygen atoms in total. The summed E-state index contributed by atoms with van der Waals surface area (Å²) >= 11 is 0. The van der Waals surface area contributed by atoms with E-state index in [9.17, 15) is 45.9 Å². The van der Waals surface area contributed by atoms with Crippen LogP contribution in [-0.4, -0.2) is 209 Å². The first-order valence-electron chi connectivity index (χ1n) is 45.2. The Balaban J connectivity index is 0.000000145. The number of anilines is 6. The van der Waals surface area contributed by atoms with E-state index in [1.165, 1.54) is 53.6 Å². The number of ether oxygens (including phenoxy) is 3. The van der Waals surface area contributed by atoms with Gasteiger partial charge in [-0.25, -0.2) is 41.3 Å². The highest BCUT2D eigenvalue weighted by Crippen LogP contribution is 2.40. The van der Waals surface area contributed by atoms with Crippen molar-refractivity contribution in [1.82, 2.24) is 59.2 Å². The Morgan fingerprint density at radius 1 is 0.436 bits per heavy atom. The molecule has 133 heavy (non-hydrogen) atoms. The highest BCUT2D eigenvalue weighted by atomic mass is 19.2. The number of nitrogens with zero attached hydrogens (tertiary/aromatic N) is 13. The number of aldehydes is 1. The summed E-state index contributed by atoms with van der Waals surface area (Å²) in [5.41, 5.74) is 12.7. The Morgan fingerprint density at radius 3 is 1.17 bits per heavy atom. The zero-order valence-electron chi connectivity index (χ0n) is 75.2. The maximum Gasteiger partial charge on any atom is 0.280 e. The average molecular weight is 1830 g/mol. The van der Waals surface area contributed by atoms with E-state index in [1.54, 1.807) is 18.6 Å². The van der Waals surface area contributed by atoms with Gasteiger partial charge in [-0.1, -0.05) is 64.9 Å². The lowest BCUT2D eigenvalue weighted by Gasteiger charge is -2.31. The summed E-state index contributed by atoms with van der Waals surface area (Å²) < 4.78 is 123. The molecule has 6 aromatic heterocycles. The van der Waals surface area contributed by atoms with Crippen LogP contribution in [0.1, 0.15) is 116 Å². The van der Waals surface area contributed by atoms with E-state index in [0.717, 1.165) is 132 Å². The van der Waals surface area contributed by atoms with E-state index >= 15 is 4.39 Å². The molecule has 35 heteroatoms. The Kier molecular flexibility index (Phi) is 32.1. The molecule has 0 radical (unpaired) electrons. The van der Waals surface area contributed by atoms with E-state index in [-0.39, 0.29) is 29.2 Å². The molecule has 0 saturated carbocycles. The summed E-state index contributed by atoms with van der Waals surface area (Å²) in [5.74, 6) is -4.12. The molecule has 6 aliphatic rings. The molecule has 6 saturated heterocycles. The van der Waals surface area contributed by atoms with Crippen molar-refractivity contribution in [3.8, 4) is 0 Å². The molecular formula is C98H112F6N18O11. The summed E-state index contributed by atoms with van der Waals surface area (Å²) in [5, 5.41) is 22.0. The quantitative estimate of drug-likeness (QED) is 0.0215. The fraction of sp³-hybridized carbons (Fsp3) is 0.408. The number of amides is 3. The van der Waals surface area contributed by atoms with Crippen molar-refractivity contribution < 1.29 is 73.3 Å². The summed E-state index contributed by atoms with van der Waals surface area (Å²) in [6.45, 7) is 24.5. The second-order valence-electron chi connectivity index (χ2n) is 34.6. The van der Waals surface area contributed by atoms with Crippen molar-refractivity contribution >= 4 is 58.9 Å². The molecule has 12 aromatic rings. The number of aromatic amines is 1. The molecule has 18 rings (SSSR count). The number of aryl methyl sites for hydroxylation is 8. The van der Waals surface area contributed by atoms with Crippen LogP contribution in [-0.2, 0) is 72.3 Å². The summed E-state index contributed by atoms with van der Waals surface area (Å²) in [4.78, 5) is 86.7. The van der Waals surface area contributed by atoms with Gasteiger partial charge in [0.2, 0.25) is 35.6 Å². The van der Waals surface area contributed by atoms with Gasteiger partial charge in [-0.15, -0.1) is 0 Å². The molecule has 12 heterocycles. The number of hydrogen-bond acceptors (Lipinski definition) is 22. The number of carbonyl (C=O) groups is 4. The summed E-state index contributed by atoms with van der Waals surface area (Å²) in [6, 6.07) is 34.9. The Hall–Kier alpha value is -12.8. The highest BCUT2D eigenvalue weighted by molar-refractivity contribution is 5.94. The van der Waals surface area contributed by atoms with Crippen LogP contribution in [0.4, 0.5) is 61.2 Å². The van der Waals surface area contributed by atoms with Crippen LogP contribution in [0.25, 0.3) is 0 Å². The maximum atomic E-state index is 15.0. The summed E-state index contributed by atoms with van der Waals surface area (Å²) in [6.07, 6.45) is 15.3. The Morgan fingerprint density at radius 2 is 0.812 bits per heavy atom. The molecule has 0 bridgehead atoms. The van der Waals surface area contributed by atoms with Gasteiger partial charge in [0, 0.05) is 213 Å². The van der Waals surface area contributed by atoms with E-state index in [1.807, 2.05) is 58.3 Å². The number of halogens is 6. The lowest BCUT2D eigenvalue weighted by Crippen LogP contribution is -2.37.